The number of aryl methyl sites for hydroxylation is 1. The highest BCUT2D eigenvalue weighted by molar-refractivity contribution is 6.43. The highest BCUT2D eigenvalue weighted by Gasteiger charge is 2.39. The van der Waals surface area contributed by atoms with Crippen LogP contribution in [0.3, 0.4) is 0 Å². The number of amides is 2. The van der Waals surface area contributed by atoms with E-state index in [1.54, 1.807) is 30.3 Å². The normalized spacial score (nSPS) is 17.5. The molecule has 2 aromatic carbocycles. The van der Waals surface area contributed by atoms with E-state index in [2.05, 4.69) is 12.2 Å². The van der Waals surface area contributed by atoms with Gasteiger partial charge in [0.2, 0.25) is 5.91 Å². The maximum atomic E-state index is 12.6. The summed E-state index contributed by atoms with van der Waals surface area (Å²) in [5.74, 6) is -0.528. The molecule has 24 heavy (non-hydrogen) atoms. The van der Waals surface area contributed by atoms with Gasteiger partial charge in [-0.2, -0.15) is 0 Å². The van der Waals surface area contributed by atoms with E-state index in [-0.39, 0.29) is 18.2 Å². The monoisotopic (exact) mass is 362 g/mol. The van der Waals surface area contributed by atoms with Crippen molar-refractivity contribution >= 4 is 46.4 Å². The van der Waals surface area contributed by atoms with Crippen molar-refractivity contribution in [2.45, 2.75) is 25.8 Å². The van der Waals surface area contributed by atoms with Crippen molar-refractivity contribution in [1.82, 2.24) is 0 Å². The van der Waals surface area contributed by atoms with Crippen molar-refractivity contribution in [2.75, 3.05) is 10.2 Å². The van der Waals surface area contributed by atoms with Crippen LogP contribution in [0.15, 0.2) is 42.5 Å². The molecule has 6 heteroatoms. The van der Waals surface area contributed by atoms with Gasteiger partial charge in [0.25, 0.3) is 5.91 Å². The lowest BCUT2D eigenvalue weighted by Crippen LogP contribution is -2.34. The number of rotatable bonds is 4. The van der Waals surface area contributed by atoms with Crippen LogP contribution in [0.2, 0.25) is 10.0 Å². The summed E-state index contributed by atoms with van der Waals surface area (Å²) in [4.78, 5) is 26.2. The summed E-state index contributed by atoms with van der Waals surface area (Å²) in [7, 11) is 0. The second kappa shape index (κ2) is 6.83. The molecule has 1 saturated heterocycles. The first-order valence-electron chi connectivity index (χ1n) is 7.67. The molecule has 1 aliphatic heterocycles. The Morgan fingerprint density at radius 1 is 1.12 bits per heavy atom. The molecule has 3 rings (SSSR count). The molecule has 0 unspecified atom stereocenters. The average Bonchev–Trinajstić information content (AvgIpc) is 2.86. The molecule has 1 atom stereocenters. The summed E-state index contributed by atoms with van der Waals surface area (Å²) in [6, 6.07) is 11.9. The van der Waals surface area contributed by atoms with Gasteiger partial charge in [-0.15, -0.1) is 0 Å². The van der Waals surface area contributed by atoms with Gasteiger partial charge in [0, 0.05) is 0 Å². The molecule has 0 saturated carbocycles. The van der Waals surface area contributed by atoms with E-state index in [1.165, 1.54) is 4.90 Å². The Morgan fingerprint density at radius 2 is 1.83 bits per heavy atom. The predicted molar refractivity (Wildman–Crippen MR) is 96.8 cm³/mol. The van der Waals surface area contributed by atoms with Crippen LogP contribution >= 0.6 is 23.2 Å². The van der Waals surface area contributed by atoms with Crippen molar-refractivity contribution in [1.29, 1.82) is 0 Å². The number of hydrogen-bond donors (Lipinski definition) is 1. The third kappa shape index (κ3) is 3.12. The highest BCUT2D eigenvalue weighted by atomic mass is 35.5. The molecule has 0 bridgehead atoms. The first kappa shape index (κ1) is 16.8. The standard InChI is InChI=1S/C18H16Cl2N2O2/c1-2-11-6-8-12(9-7-11)22-16(23)10-15(18(22)24)21-14-5-3-4-13(19)17(14)20/h3-9,15,21H,2,10H2,1H3/t15-/m0/s1. The Labute approximate surface area is 150 Å². The lowest BCUT2D eigenvalue weighted by atomic mass is 10.1. The fourth-order valence-electron chi connectivity index (χ4n) is 2.70. The van der Waals surface area contributed by atoms with E-state index in [1.807, 2.05) is 12.1 Å². The molecule has 2 aromatic rings. The van der Waals surface area contributed by atoms with Crippen LogP contribution in [0, 0.1) is 0 Å². The van der Waals surface area contributed by atoms with Crippen LogP contribution in [-0.4, -0.2) is 17.9 Å². The Morgan fingerprint density at radius 3 is 2.50 bits per heavy atom. The molecule has 0 aromatic heterocycles. The minimum absolute atomic E-state index is 0.0806. The van der Waals surface area contributed by atoms with Crippen LogP contribution < -0.4 is 10.2 Å². The Kier molecular flexibility index (Phi) is 4.78. The maximum absolute atomic E-state index is 12.6. The smallest absolute Gasteiger partial charge is 0.256 e. The molecular weight excluding hydrogens is 347 g/mol. The van der Waals surface area contributed by atoms with E-state index in [0.29, 0.717) is 21.4 Å². The van der Waals surface area contributed by atoms with Gasteiger partial charge < -0.3 is 5.32 Å². The van der Waals surface area contributed by atoms with Crippen LogP contribution in [0.1, 0.15) is 18.9 Å². The van der Waals surface area contributed by atoms with E-state index < -0.39 is 6.04 Å². The van der Waals surface area contributed by atoms with Gasteiger partial charge >= 0.3 is 0 Å². The van der Waals surface area contributed by atoms with Crippen LogP contribution in [0.25, 0.3) is 0 Å². The van der Waals surface area contributed by atoms with Crippen molar-refractivity contribution in [3.63, 3.8) is 0 Å². The molecule has 1 N–H and O–H groups in total. The zero-order valence-corrected chi connectivity index (χ0v) is 14.6. The van der Waals surface area contributed by atoms with Crippen molar-refractivity contribution < 1.29 is 9.59 Å². The van der Waals surface area contributed by atoms with Gasteiger partial charge in [-0.25, -0.2) is 4.90 Å². The fraction of sp³-hybridized carbons (Fsp3) is 0.222. The Balaban J connectivity index is 1.82. The third-order valence-electron chi connectivity index (χ3n) is 4.03. The Bertz CT molecular complexity index is 790. The highest BCUT2D eigenvalue weighted by Crippen LogP contribution is 2.32. The van der Waals surface area contributed by atoms with Crippen molar-refractivity contribution in [3.05, 3.63) is 58.1 Å². The number of halogens is 2. The van der Waals surface area contributed by atoms with E-state index in [0.717, 1.165) is 12.0 Å². The summed E-state index contributed by atoms with van der Waals surface area (Å²) in [5.41, 5.74) is 2.28. The molecule has 1 fully saturated rings. The number of hydrogen-bond acceptors (Lipinski definition) is 3. The lowest BCUT2D eigenvalue weighted by Gasteiger charge is -2.17. The second-order valence-corrected chi connectivity index (χ2v) is 6.37. The summed E-state index contributed by atoms with van der Waals surface area (Å²) in [6.45, 7) is 2.05. The largest absolute Gasteiger partial charge is 0.372 e. The SMILES string of the molecule is CCc1ccc(N2C(=O)C[C@H](Nc3cccc(Cl)c3Cl)C2=O)cc1. The minimum atomic E-state index is -0.653. The van der Waals surface area contributed by atoms with Gasteiger partial charge in [-0.05, 0) is 36.2 Å². The molecule has 124 valence electrons. The zero-order valence-electron chi connectivity index (χ0n) is 13.1. The molecule has 2 amide bonds. The van der Waals surface area contributed by atoms with E-state index >= 15 is 0 Å². The summed E-state index contributed by atoms with van der Waals surface area (Å²) < 4.78 is 0. The predicted octanol–water partition coefficient (Wildman–Crippen LogP) is 4.30. The molecule has 4 nitrogen and oxygen atoms in total. The van der Waals surface area contributed by atoms with Gasteiger partial charge in [0.05, 0.1) is 27.8 Å². The van der Waals surface area contributed by atoms with E-state index in [4.69, 9.17) is 23.2 Å². The number of imide groups is 1. The number of nitrogens with one attached hydrogen (secondary N) is 1. The molecule has 0 spiro atoms. The third-order valence-corrected chi connectivity index (χ3v) is 4.85. The second-order valence-electron chi connectivity index (χ2n) is 5.59. The zero-order chi connectivity index (χ0) is 17.3. The minimum Gasteiger partial charge on any atom is -0.372 e. The molecule has 0 radical (unpaired) electrons. The maximum Gasteiger partial charge on any atom is 0.256 e. The van der Waals surface area contributed by atoms with Gasteiger partial charge in [-0.3, -0.25) is 9.59 Å². The number of nitrogens with zero attached hydrogens (tertiary/aromatic N) is 1. The lowest BCUT2D eigenvalue weighted by molar-refractivity contribution is -0.121. The molecular formula is C18H16Cl2N2O2. The van der Waals surface area contributed by atoms with E-state index in [9.17, 15) is 9.59 Å². The number of anilines is 2. The van der Waals surface area contributed by atoms with Gasteiger partial charge in [0.15, 0.2) is 0 Å². The summed E-state index contributed by atoms with van der Waals surface area (Å²) in [6.07, 6.45) is 0.983. The average molecular weight is 363 g/mol. The van der Waals surface area contributed by atoms with Crippen LogP contribution in [0.5, 0.6) is 0 Å². The molecule has 1 aliphatic rings. The quantitative estimate of drug-likeness (QED) is 0.824. The summed E-state index contributed by atoms with van der Waals surface area (Å²) in [5, 5.41) is 3.76. The topological polar surface area (TPSA) is 49.4 Å². The van der Waals surface area contributed by atoms with Gasteiger partial charge in [-0.1, -0.05) is 48.3 Å². The number of carbonyl (C=O) groups is 2. The first-order chi connectivity index (χ1) is 11.5. The fourth-order valence-corrected chi connectivity index (χ4v) is 3.05. The molecule has 1 heterocycles. The van der Waals surface area contributed by atoms with Crippen molar-refractivity contribution in [2.24, 2.45) is 0 Å². The number of benzene rings is 2. The van der Waals surface area contributed by atoms with Crippen LogP contribution in [0.4, 0.5) is 11.4 Å². The first-order valence-corrected chi connectivity index (χ1v) is 8.43. The number of carbonyl (C=O) groups excluding carboxylic acids is 2. The van der Waals surface area contributed by atoms with Gasteiger partial charge in [0.1, 0.15) is 6.04 Å². The molecule has 0 aliphatic carbocycles. The van der Waals surface area contributed by atoms with Crippen molar-refractivity contribution in [3.8, 4) is 0 Å². The Hall–Kier alpha value is -2.04. The van der Waals surface area contributed by atoms with Crippen LogP contribution in [-0.2, 0) is 16.0 Å². The summed E-state index contributed by atoms with van der Waals surface area (Å²) >= 11 is 12.1.